The first kappa shape index (κ1) is 17.5. The number of para-hydroxylation sites is 1. The van der Waals surface area contributed by atoms with Gasteiger partial charge >= 0.3 is 0 Å². The number of hydrogen-bond donors (Lipinski definition) is 1. The fraction of sp³-hybridized carbons (Fsp3) is 0. The number of pyridine rings is 1. The van der Waals surface area contributed by atoms with Gasteiger partial charge in [-0.15, -0.1) is 0 Å². The molecular formula is C23H14FN3OS. The van der Waals surface area contributed by atoms with Crippen LogP contribution in [0.3, 0.4) is 0 Å². The number of aromatic nitrogens is 2. The van der Waals surface area contributed by atoms with E-state index in [4.69, 9.17) is 4.98 Å². The number of thiazole rings is 1. The lowest BCUT2D eigenvalue weighted by Gasteiger charge is -2.09. The molecule has 0 aliphatic carbocycles. The Kier molecular flexibility index (Phi) is 4.26. The van der Waals surface area contributed by atoms with E-state index in [1.54, 1.807) is 12.1 Å². The molecule has 1 amide bonds. The minimum Gasteiger partial charge on any atom is -0.298 e. The highest BCUT2D eigenvalue weighted by Gasteiger charge is 2.16. The molecule has 0 aliphatic rings. The van der Waals surface area contributed by atoms with Gasteiger partial charge in [0.05, 0.1) is 27.0 Å². The summed E-state index contributed by atoms with van der Waals surface area (Å²) in [7, 11) is 0. The van der Waals surface area contributed by atoms with Crippen molar-refractivity contribution in [3.05, 3.63) is 90.2 Å². The molecule has 29 heavy (non-hydrogen) atoms. The molecule has 0 saturated carbocycles. The molecule has 0 spiro atoms. The Morgan fingerprint density at radius 2 is 1.66 bits per heavy atom. The summed E-state index contributed by atoms with van der Waals surface area (Å²) in [4.78, 5) is 22.2. The molecule has 140 valence electrons. The molecule has 0 unspecified atom stereocenters. The minimum absolute atomic E-state index is 0.277. The lowest BCUT2D eigenvalue weighted by atomic mass is 10.0. The molecular weight excluding hydrogens is 385 g/mol. The normalized spacial score (nSPS) is 11.1. The molecule has 2 aromatic heterocycles. The third-order valence-corrected chi connectivity index (χ3v) is 5.53. The second-order valence-electron chi connectivity index (χ2n) is 6.52. The Labute approximate surface area is 169 Å². The van der Waals surface area contributed by atoms with E-state index < -0.39 is 0 Å². The minimum atomic E-state index is -0.327. The van der Waals surface area contributed by atoms with E-state index in [2.05, 4.69) is 10.3 Å². The van der Waals surface area contributed by atoms with Crippen molar-refractivity contribution in [2.24, 2.45) is 0 Å². The van der Waals surface area contributed by atoms with Gasteiger partial charge in [0, 0.05) is 10.9 Å². The van der Waals surface area contributed by atoms with Gasteiger partial charge in [0.15, 0.2) is 5.13 Å². The zero-order chi connectivity index (χ0) is 19.8. The molecule has 0 bridgehead atoms. The lowest BCUT2D eigenvalue weighted by molar-refractivity contribution is 0.102. The van der Waals surface area contributed by atoms with Crippen molar-refractivity contribution in [2.45, 2.75) is 0 Å². The van der Waals surface area contributed by atoms with Gasteiger partial charge in [-0.2, -0.15) is 0 Å². The maximum Gasteiger partial charge on any atom is 0.258 e. The van der Waals surface area contributed by atoms with Crippen LogP contribution in [-0.4, -0.2) is 15.9 Å². The van der Waals surface area contributed by atoms with Gasteiger partial charge in [-0.25, -0.2) is 14.4 Å². The molecule has 4 nitrogen and oxygen atoms in total. The third-order valence-electron chi connectivity index (χ3n) is 4.60. The number of benzene rings is 3. The van der Waals surface area contributed by atoms with Gasteiger partial charge in [0.1, 0.15) is 5.82 Å². The lowest BCUT2D eigenvalue weighted by Crippen LogP contribution is -2.13. The van der Waals surface area contributed by atoms with Crippen LogP contribution in [0, 0.1) is 5.82 Å². The summed E-state index contributed by atoms with van der Waals surface area (Å²) >= 11 is 1.24. The molecule has 0 fully saturated rings. The zero-order valence-corrected chi connectivity index (χ0v) is 15.9. The van der Waals surface area contributed by atoms with E-state index in [0.717, 1.165) is 22.2 Å². The number of hydrogen-bond acceptors (Lipinski definition) is 4. The number of amides is 1. The summed E-state index contributed by atoms with van der Waals surface area (Å²) in [6.45, 7) is 0. The van der Waals surface area contributed by atoms with Crippen molar-refractivity contribution in [2.75, 3.05) is 5.32 Å². The fourth-order valence-electron chi connectivity index (χ4n) is 3.24. The Morgan fingerprint density at radius 1 is 0.862 bits per heavy atom. The maximum absolute atomic E-state index is 13.4. The van der Waals surface area contributed by atoms with Gasteiger partial charge in [-0.05, 0) is 30.3 Å². The first-order chi connectivity index (χ1) is 14.2. The average molecular weight is 399 g/mol. The van der Waals surface area contributed by atoms with E-state index in [1.165, 1.54) is 23.5 Å². The fourth-order valence-corrected chi connectivity index (χ4v) is 4.12. The predicted molar refractivity (Wildman–Crippen MR) is 115 cm³/mol. The number of fused-ring (bicyclic) bond motifs is 2. The monoisotopic (exact) mass is 399 g/mol. The number of anilines is 1. The van der Waals surface area contributed by atoms with Crippen LogP contribution in [0.2, 0.25) is 0 Å². The van der Waals surface area contributed by atoms with E-state index in [9.17, 15) is 9.18 Å². The summed E-state index contributed by atoms with van der Waals surface area (Å²) in [6, 6.07) is 23.4. The van der Waals surface area contributed by atoms with Crippen LogP contribution < -0.4 is 5.32 Å². The van der Waals surface area contributed by atoms with Crippen LogP contribution in [0.1, 0.15) is 10.4 Å². The van der Waals surface area contributed by atoms with Crippen LogP contribution in [0.4, 0.5) is 9.52 Å². The van der Waals surface area contributed by atoms with E-state index in [1.807, 2.05) is 54.6 Å². The topological polar surface area (TPSA) is 54.9 Å². The predicted octanol–water partition coefficient (Wildman–Crippen LogP) is 5.90. The van der Waals surface area contributed by atoms with Crippen molar-refractivity contribution >= 4 is 43.5 Å². The van der Waals surface area contributed by atoms with Gasteiger partial charge in [-0.1, -0.05) is 59.9 Å². The number of carbonyl (C=O) groups is 1. The van der Waals surface area contributed by atoms with Gasteiger partial charge in [0.25, 0.3) is 5.91 Å². The van der Waals surface area contributed by atoms with Crippen molar-refractivity contribution in [3.8, 4) is 11.3 Å². The second kappa shape index (κ2) is 7.07. The largest absolute Gasteiger partial charge is 0.298 e. The summed E-state index contributed by atoms with van der Waals surface area (Å²) in [5.41, 5.74) is 3.56. The Morgan fingerprint density at radius 3 is 2.52 bits per heavy atom. The smallest absolute Gasteiger partial charge is 0.258 e. The number of carbonyl (C=O) groups excluding carboxylic acids is 1. The van der Waals surface area contributed by atoms with Crippen molar-refractivity contribution in [3.63, 3.8) is 0 Å². The van der Waals surface area contributed by atoms with E-state index >= 15 is 0 Å². The Balaban J connectivity index is 1.58. The maximum atomic E-state index is 13.4. The van der Waals surface area contributed by atoms with Crippen molar-refractivity contribution in [1.82, 2.24) is 9.97 Å². The van der Waals surface area contributed by atoms with E-state index in [0.29, 0.717) is 20.9 Å². The Hall–Kier alpha value is -3.64. The standard InChI is InChI=1S/C23H14FN3OS/c24-15-10-11-19-21(12-15)29-23(26-19)27-22(28)17-13-20(14-6-2-1-3-7-14)25-18-9-5-4-8-16(17)18/h1-13H,(H,26,27,28). The molecule has 1 N–H and O–H groups in total. The van der Waals surface area contributed by atoms with Crippen LogP contribution in [-0.2, 0) is 0 Å². The van der Waals surface area contributed by atoms with Crippen molar-refractivity contribution < 1.29 is 9.18 Å². The highest BCUT2D eigenvalue weighted by molar-refractivity contribution is 7.22. The SMILES string of the molecule is O=C(Nc1nc2ccc(F)cc2s1)c1cc(-c2ccccc2)nc2ccccc12. The van der Waals surface area contributed by atoms with Crippen LogP contribution >= 0.6 is 11.3 Å². The Bertz CT molecular complexity index is 1360. The quantitative estimate of drug-likeness (QED) is 0.411. The van der Waals surface area contributed by atoms with E-state index in [-0.39, 0.29) is 11.7 Å². The third kappa shape index (κ3) is 3.34. The van der Waals surface area contributed by atoms with Gasteiger partial charge in [0.2, 0.25) is 0 Å². The first-order valence-electron chi connectivity index (χ1n) is 9.00. The van der Waals surface area contributed by atoms with Crippen LogP contribution in [0.15, 0.2) is 78.9 Å². The number of rotatable bonds is 3. The second-order valence-corrected chi connectivity index (χ2v) is 7.55. The first-order valence-corrected chi connectivity index (χ1v) is 9.82. The molecule has 2 heterocycles. The van der Waals surface area contributed by atoms with Crippen LogP contribution in [0.5, 0.6) is 0 Å². The molecule has 0 atom stereocenters. The summed E-state index contributed by atoms with van der Waals surface area (Å²) in [5, 5.41) is 4.05. The molecule has 5 aromatic rings. The average Bonchev–Trinajstić information content (AvgIpc) is 3.14. The molecule has 5 rings (SSSR count). The van der Waals surface area contributed by atoms with Crippen molar-refractivity contribution in [1.29, 1.82) is 0 Å². The zero-order valence-electron chi connectivity index (χ0n) is 15.1. The van der Waals surface area contributed by atoms with Gasteiger partial charge < -0.3 is 0 Å². The molecule has 3 aromatic carbocycles. The molecule has 6 heteroatoms. The number of nitrogens with zero attached hydrogens (tertiary/aromatic N) is 2. The highest BCUT2D eigenvalue weighted by atomic mass is 32.1. The number of nitrogens with one attached hydrogen (secondary N) is 1. The van der Waals surface area contributed by atoms with Crippen LogP contribution in [0.25, 0.3) is 32.4 Å². The molecule has 0 radical (unpaired) electrons. The summed E-state index contributed by atoms with van der Waals surface area (Å²) in [5.74, 6) is -0.605. The molecule has 0 saturated heterocycles. The number of halogens is 1. The molecule has 0 aliphatic heterocycles. The van der Waals surface area contributed by atoms with Gasteiger partial charge in [-0.3, -0.25) is 10.1 Å². The highest BCUT2D eigenvalue weighted by Crippen LogP contribution is 2.29. The summed E-state index contributed by atoms with van der Waals surface area (Å²) < 4.78 is 14.1. The summed E-state index contributed by atoms with van der Waals surface area (Å²) in [6.07, 6.45) is 0.